The summed E-state index contributed by atoms with van der Waals surface area (Å²) in [6.45, 7) is 0. The first-order valence-electron chi connectivity index (χ1n) is 6.93. The van der Waals surface area contributed by atoms with Crippen molar-refractivity contribution in [1.29, 1.82) is 0 Å². The Labute approximate surface area is 143 Å². The molecular formula is C16H11F3N2O3S. The molecule has 0 aliphatic carbocycles. The minimum atomic E-state index is -4.79. The second-order valence-electron chi connectivity index (χ2n) is 4.85. The number of carbonyl (C=O) groups is 1. The maximum absolute atomic E-state index is 12.3. The quantitative estimate of drug-likeness (QED) is 0.813. The first kappa shape index (κ1) is 17.2. The minimum Gasteiger partial charge on any atom is -0.497 e. The molecule has 1 amide bonds. The van der Waals surface area contributed by atoms with Crippen LogP contribution in [0.1, 0.15) is 10.4 Å². The van der Waals surface area contributed by atoms with E-state index in [4.69, 9.17) is 4.74 Å². The topological polar surface area (TPSA) is 60.2 Å². The zero-order valence-corrected chi connectivity index (χ0v) is 13.6. The third-order valence-corrected chi connectivity index (χ3v) is 4.65. The van der Waals surface area contributed by atoms with Crippen molar-refractivity contribution in [3.63, 3.8) is 0 Å². The number of rotatable bonds is 3. The van der Waals surface area contributed by atoms with Crippen LogP contribution in [0.15, 0.2) is 56.7 Å². The zero-order valence-electron chi connectivity index (χ0n) is 12.8. The van der Waals surface area contributed by atoms with E-state index in [1.165, 1.54) is 30.9 Å². The molecule has 1 atom stereocenters. The molecule has 25 heavy (non-hydrogen) atoms. The number of benzene rings is 2. The van der Waals surface area contributed by atoms with Crippen LogP contribution in [0, 0.1) is 0 Å². The summed E-state index contributed by atoms with van der Waals surface area (Å²) in [6, 6.07) is 10.1. The summed E-state index contributed by atoms with van der Waals surface area (Å²) in [7, 11) is 0.436. The fourth-order valence-electron chi connectivity index (χ4n) is 2.08. The van der Waals surface area contributed by atoms with Crippen LogP contribution in [0.25, 0.3) is 0 Å². The van der Waals surface area contributed by atoms with Crippen LogP contribution >= 0.6 is 0 Å². The molecule has 9 heteroatoms. The number of halogens is 3. The fraction of sp³-hybridized carbons (Fsp3) is 0.125. The monoisotopic (exact) mass is 368 g/mol. The van der Waals surface area contributed by atoms with Gasteiger partial charge in [0.1, 0.15) is 11.5 Å². The van der Waals surface area contributed by atoms with Gasteiger partial charge in [0.25, 0.3) is 5.91 Å². The average molecular weight is 368 g/mol. The number of hydrogen-bond donors (Lipinski definition) is 0. The lowest BCUT2D eigenvalue weighted by atomic mass is 10.2. The molecule has 0 saturated heterocycles. The number of nitrogens with zero attached hydrogens (tertiary/aromatic N) is 2. The number of carbonyl (C=O) groups excluding carboxylic acids is 1. The molecule has 1 unspecified atom stereocenters. The number of fused-ring (bicyclic) bond motifs is 1. The van der Waals surface area contributed by atoms with Gasteiger partial charge in [0.05, 0.1) is 23.2 Å². The van der Waals surface area contributed by atoms with Gasteiger partial charge in [-0.2, -0.15) is 4.36 Å². The molecule has 2 aromatic carbocycles. The molecule has 0 aromatic heterocycles. The molecule has 0 bridgehead atoms. The van der Waals surface area contributed by atoms with Gasteiger partial charge < -0.3 is 9.47 Å². The first-order chi connectivity index (χ1) is 11.9. The van der Waals surface area contributed by atoms with Gasteiger partial charge in [0, 0.05) is 5.56 Å². The number of alkyl halides is 3. The molecular weight excluding hydrogens is 357 g/mol. The highest BCUT2D eigenvalue weighted by Crippen LogP contribution is 2.34. The summed E-state index contributed by atoms with van der Waals surface area (Å²) >= 11 is 0. The van der Waals surface area contributed by atoms with E-state index in [9.17, 15) is 18.0 Å². The van der Waals surface area contributed by atoms with Gasteiger partial charge in [0.15, 0.2) is 0 Å². The Balaban J connectivity index is 1.87. The summed E-state index contributed by atoms with van der Waals surface area (Å²) in [6.07, 6.45) is -4.79. The third kappa shape index (κ3) is 4.05. The van der Waals surface area contributed by atoms with Gasteiger partial charge in [-0.05, 0) is 53.2 Å². The van der Waals surface area contributed by atoms with Gasteiger partial charge >= 0.3 is 6.36 Å². The van der Waals surface area contributed by atoms with E-state index >= 15 is 0 Å². The van der Waals surface area contributed by atoms with E-state index in [1.807, 2.05) is 0 Å². The van der Waals surface area contributed by atoms with Crippen molar-refractivity contribution >= 4 is 27.8 Å². The largest absolute Gasteiger partial charge is 0.573 e. The van der Waals surface area contributed by atoms with E-state index in [0.717, 1.165) is 0 Å². The van der Waals surface area contributed by atoms with Gasteiger partial charge in [-0.1, -0.05) is 0 Å². The van der Waals surface area contributed by atoms with Crippen LogP contribution in [0.4, 0.5) is 18.9 Å². The Morgan fingerprint density at radius 1 is 1.12 bits per heavy atom. The van der Waals surface area contributed by atoms with Crippen molar-refractivity contribution in [2.45, 2.75) is 11.3 Å². The van der Waals surface area contributed by atoms with Crippen molar-refractivity contribution < 1.29 is 27.4 Å². The highest BCUT2D eigenvalue weighted by Gasteiger charge is 2.31. The molecule has 1 heterocycles. The Hall–Kier alpha value is -2.68. The SMILES string of the molecule is COc1ccc(C(=O)N=S2C=Nc3ccc(OC(F)(F)F)cc32)cc1. The molecule has 1 aliphatic rings. The molecule has 5 nitrogen and oxygen atoms in total. The Kier molecular flexibility index (Phi) is 4.58. The molecule has 3 rings (SSSR count). The average Bonchev–Trinajstić information content (AvgIpc) is 2.96. The van der Waals surface area contributed by atoms with Gasteiger partial charge in [-0.15, -0.1) is 13.2 Å². The van der Waals surface area contributed by atoms with Crippen LogP contribution in [-0.4, -0.2) is 24.9 Å². The summed E-state index contributed by atoms with van der Waals surface area (Å²) in [4.78, 5) is 16.7. The lowest BCUT2D eigenvalue weighted by Gasteiger charge is -2.09. The molecule has 0 radical (unpaired) electrons. The van der Waals surface area contributed by atoms with E-state index < -0.39 is 23.0 Å². The summed E-state index contributed by atoms with van der Waals surface area (Å²) < 4.78 is 50.0. The summed E-state index contributed by atoms with van der Waals surface area (Å²) in [5, 5.41) is 0. The number of methoxy groups -OCH3 is 1. The van der Waals surface area contributed by atoms with Crippen LogP contribution in [0.3, 0.4) is 0 Å². The number of hydrogen-bond acceptors (Lipinski definition) is 4. The van der Waals surface area contributed by atoms with E-state index in [0.29, 0.717) is 21.9 Å². The Morgan fingerprint density at radius 3 is 2.44 bits per heavy atom. The highest BCUT2D eigenvalue weighted by atomic mass is 32.2. The van der Waals surface area contributed by atoms with E-state index in [1.54, 1.807) is 24.3 Å². The molecule has 2 aromatic rings. The van der Waals surface area contributed by atoms with Crippen LogP contribution in [0.2, 0.25) is 0 Å². The molecule has 0 N–H and O–H groups in total. The predicted molar refractivity (Wildman–Crippen MR) is 86.7 cm³/mol. The third-order valence-electron chi connectivity index (χ3n) is 3.20. The molecule has 0 fully saturated rings. The lowest BCUT2D eigenvalue weighted by molar-refractivity contribution is -0.274. The number of amides is 1. The standard InChI is InChI=1S/C16H11F3N2O3S/c1-23-11-4-2-10(3-5-11)15(22)21-25-9-20-13-7-6-12(8-14(13)25)24-16(17,18)19/h2-9H,1H3. The van der Waals surface area contributed by atoms with E-state index in [2.05, 4.69) is 14.1 Å². The van der Waals surface area contributed by atoms with E-state index in [-0.39, 0.29) is 5.75 Å². The zero-order chi connectivity index (χ0) is 18.0. The van der Waals surface area contributed by atoms with Crippen molar-refractivity contribution in [1.82, 2.24) is 0 Å². The molecule has 0 spiro atoms. The Morgan fingerprint density at radius 2 is 1.80 bits per heavy atom. The van der Waals surface area contributed by atoms with Crippen molar-refractivity contribution in [3.05, 3.63) is 48.0 Å². The normalized spacial score (nSPS) is 15.9. The maximum atomic E-state index is 12.3. The van der Waals surface area contributed by atoms with Gasteiger partial charge in [-0.3, -0.25) is 4.79 Å². The maximum Gasteiger partial charge on any atom is 0.573 e. The highest BCUT2D eigenvalue weighted by molar-refractivity contribution is 8.01. The molecule has 1 aliphatic heterocycles. The summed E-state index contributed by atoms with van der Waals surface area (Å²) in [5.74, 6) is -0.269. The van der Waals surface area contributed by atoms with Gasteiger partial charge in [-0.25, -0.2) is 4.99 Å². The molecule has 130 valence electrons. The smallest absolute Gasteiger partial charge is 0.497 e. The number of ether oxygens (including phenoxy) is 2. The van der Waals surface area contributed by atoms with Crippen molar-refractivity contribution in [3.8, 4) is 11.5 Å². The van der Waals surface area contributed by atoms with Crippen LogP contribution in [0.5, 0.6) is 11.5 Å². The first-order valence-corrected chi connectivity index (χ1v) is 8.17. The van der Waals surface area contributed by atoms with Crippen LogP contribution < -0.4 is 9.47 Å². The lowest BCUT2D eigenvalue weighted by Crippen LogP contribution is -2.17. The van der Waals surface area contributed by atoms with Gasteiger partial charge in [0.2, 0.25) is 0 Å². The molecule has 0 saturated carbocycles. The fourth-order valence-corrected chi connectivity index (χ4v) is 3.41. The second-order valence-corrected chi connectivity index (χ2v) is 6.31. The Bertz CT molecular complexity index is 877. The van der Waals surface area contributed by atoms with Crippen molar-refractivity contribution in [2.75, 3.05) is 7.11 Å². The predicted octanol–water partition coefficient (Wildman–Crippen LogP) is 4.27. The second kappa shape index (κ2) is 6.67. The van der Waals surface area contributed by atoms with Crippen LogP contribution in [-0.2, 0) is 10.7 Å². The van der Waals surface area contributed by atoms with Crippen molar-refractivity contribution in [2.24, 2.45) is 9.36 Å². The number of aliphatic imine (C=N–C) groups is 1. The minimum absolute atomic E-state index is 0.345. The summed E-state index contributed by atoms with van der Waals surface area (Å²) in [5.41, 5.74) is 2.24.